The molecule has 0 radical (unpaired) electrons. The van der Waals surface area contributed by atoms with E-state index in [1.807, 2.05) is 0 Å². The number of para-hydroxylation sites is 2. The van der Waals surface area contributed by atoms with Gasteiger partial charge in [0.25, 0.3) is 0 Å². The van der Waals surface area contributed by atoms with Gasteiger partial charge >= 0.3 is 12.3 Å². The Morgan fingerprint density at radius 1 is 0.943 bits per heavy atom. The van der Waals surface area contributed by atoms with E-state index >= 15 is 0 Å². The van der Waals surface area contributed by atoms with Gasteiger partial charge in [-0.05, 0) is 59.6 Å². The quantitative estimate of drug-likeness (QED) is 0.275. The fourth-order valence-corrected chi connectivity index (χ4v) is 3.48. The molecular formula is C25H34F3N5O2. The van der Waals surface area contributed by atoms with Gasteiger partial charge in [-0.25, -0.2) is 14.8 Å². The number of alkyl halides is 3. The van der Waals surface area contributed by atoms with E-state index in [0.717, 1.165) is 25.7 Å². The molecule has 192 valence electrons. The Morgan fingerprint density at radius 2 is 1.49 bits per heavy atom. The number of unbranched alkanes of at least 4 members (excludes halogenated alkanes) is 3. The second-order valence-corrected chi connectivity index (χ2v) is 9.30. The molecule has 3 N–H and O–H groups in total. The van der Waals surface area contributed by atoms with Crippen molar-refractivity contribution in [1.29, 1.82) is 5.41 Å². The SMILES string of the molecule is CC(=N)/C(=C(/C)NCCCCCCNC(=O)OC(C)(C)C)c1nc2ccccc2nc1C(F)(F)F. The summed E-state index contributed by atoms with van der Waals surface area (Å²) in [5.41, 5.74) is -0.985. The van der Waals surface area contributed by atoms with Crippen molar-refractivity contribution in [3.05, 3.63) is 41.4 Å². The highest BCUT2D eigenvalue weighted by Gasteiger charge is 2.38. The average molecular weight is 494 g/mol. The van der Waals surface area contributed by atoms with Crippen molar-refractivity contribution >= 4 is 28.4 Å². The van der Waals surface area contributed by atoms with E-state index in [1.54, 1.807) is 45.9 Å². The van der Waals surface area contributed by atoms with E-state index in [4.69, 9.17) is 10.1 Å². The van der Waals surface area contributed by atoms with Crippen molar-refractivity contribution < 1.29 is 22.7 Å². The lowest BCUT2D eigenvalue weighted by molar-refractivity contribution is -0.141. The lowest BCUT2D eigenvalue weighted by Gasteiger charge is -2.19. The summed E-state index contributed by atoms with van der Waals surface area (Å²) in [4.78, 5) is 19.7. The van der Waals surface area contributed by atoms with Gasteiger partial charge in [0, 0.05) is 30.1 Å². The topological polar surface area (TPSA) is 100.0 Å². The monoisotopic (exact) mass is 493 g/mol. The van der Waals surface area contributed by atoms with Crippen LogP contribution >= 0.6 is 0 Å². The number of hydrogen-bond acceptors (Lipinski definition) is 6. The fourth-order valence-electron chi connectivity index (χ4n) is 3.48. The van der Waals surface area contributed by atoms with Crippen LogP contribution in [-0.4, -0.2) is 40.5 Å². The van der Waals surface area contributed by atoms with Crippen LogP contribution in [-0.2, 0) is 10.9 Å². The van der Waals surface area contributed by atoms with Gasteiger partial charge in [0.2, 0.25) is 0 Å². The van der Waals surface area contributed by atoms with E-state index in [9.17, 15) is 18.0 Å². The zero-order valence-corrected chi connectivity index (χ0v) is 20.9. The number of alkyl carbamates (subject to hydrolysis) is 1. The molecule has 0 bridgehead atoms. The van der Waals surface area contributed by atoms with Crippen LogP contribution in [0.2, 0.25) is 0 Å². The third kappa shape index (κ3) is 8.84. The van der Waals surface area contributed by atoms with E-state index in [2.05, 4.69) is 20.6 Å². The van der Waals surface area contributed by atoms with Crippen molar-refractivity contribution in [1.82, 2.24) is 20.6 Å². The third-order valence-corrected chi connectivity index (χ3v) is 4.99. The molecular weight excluding hydrogens is 459 g/mol. The van der Waals surface area contributed by atoms with Gasteiger partial charge in [-0.2, -0.15) is 13.2 Å². The number of nitrogens with zero attached hydrogens (tertiary/aromatic N) is 2. The van der Waals surface area contributed by atoms with E-state index in [-0.39, 0.29) is 22.5 Å². The minimum absolute atomic E-state index is 0.0294. The summed E-state index contributed by atoms with van der Waals surface area (Å²) in [6.45, 7) is 9.54. The lowest BCUT2D eigenvalue weighted by atomic mass is 10.0. The molecule has 1 heterocycles. The summed E-state index contributed by atoms with van der Waals surface area (Å²) in [5.74, 6) is 0. The van der Waals surface area contributed by atoms with Crippen LogP contribution in [0.5, 0.6) is 0 Å². The normalized spacial score (nSPS) is 12.8. The number of benzene rings is 1. The zero-order chi connectivity index (χ0) is 26.2. The summed E-state index contributed by atoms with van der Waals surface area (Å²) in [7, 11) is 0. The molecule has 1 aromatic carbocycles. The summed E-state index contributed by atoms with van der Waals surface area (Å²) in [6, 6.07) is 6.37. The molecule has 0 saturated heterocycles. The highest BCUT2D eigenvalue weighted by atomic mass is 19.4. The zero-order valence-electron chi connectivity index (χ0n) is 20.9. The summed E-state index contributed by atoms with van der Waals surface area (Å²) in [5, 5.41) is 14.0. The molecule has 1 aromatic heterocycles. The first kappa shape index (κ1) is 28.1. The largest absolute Gasteiger partial charge is 0.444 e. The number of hydrogen-bond donors (Lipinski definition) is 3. The van der Waals surface area contributed by atoms with Gasteiger partial charge in [0.05, 0.1) is 11.0 Å². The minimum Gasteiger partial charge on any atom is -0.444 e. The second-order valence-electron chi connectivity index (χ2n) is 9.30. The first-order valence-electron chi connectivity index (χ1n) is 11.6. The van der Waals surface area contributed by atoms with Gasteiger partial charge in [-0.1, -0.05) is 25.0 Å². The summed E-state index contributed by atoms with van der Waals surface area (Å²) < 4.78 is 46.6. The molecule has 2 aromatic rings. The highest BCUT2D eigenvalue weighted by molar-refractivity contribution is 6.21. The van der Waals surface area contributed by atoms with Crippen LogP contribution in [0, 0.1) is 5.41 Å². The highest BCUT2D eigenvalue weighted by Crippen LogP contribution is 2.35. The number of nitrogens with one attached hydrogen (secondary N) is 3. The number of ether oxygens (including phenoxy) is 1. The van der Waals surface area contributed by atoms with Crippen LogP contribution in [0.15, 0.2) is 30.0 Å². The van der Waals surface area contributed by atoms with Crippen LogP contribution < -0.4 is 10.6 Å². The Balaban J connectivity index is 1.99. The smallest absolute Gasteiger partial charge is 0.435 e. The molecule has 0 fully saturated rings. The molecule has 0 aliphatic heterocycles. The minimum atomic E-state index is -4.71. The Morgan fingerprint density at radius 3 is 2.00 bits per heavy atom. The van der Waals surface area contributed by atoms with Crippen molar-refractivity contribution in [2.75, 3.05) is 13.1 Å². The standard InChI is InChI=1S/C25H34F3N5O2/c1-16(29)20(21-22(25(26,27)28)33-19-13-9-8-12-18(19)32-21)17(2)30-14-10-6-7-11-15-31-23(34)35-24(3,4)5/h8-9,12-13,29-30H,6-7,10-11,14-15H2,1-5H3,(H,31,34)/b20-17+,29-16?. The van der Waals surface area contributed by atoms with E-state index in [0.29, 0.717) is 24.3 Å². The Kier molecular flexibility index (Phi) is 9.62. The van der Waals surface area contributed by atoms with Crippen molar-refractivity contribution in [3.63, 3.8) is 0 Å². The van der Waals surface area contributed by atoms with Gasteiger partial charge in [0.1, 0.15) is 11.3 Å². The molecule has 10 heteroatoms. The molecule has 7 nitrogen and oxygen atoms in total. The Hall–Kier alpha value is -3.17. The first-order chi connectivity index (χ1) is 16.3. The molecule has 0 aliphatic carbocycles. The van der Waals surface area contributed by atoms with Crippen molar-refractivity contribution in [3.8, 4) is 0 Å². The number of carbonyl (C=O) groups is 1. The number of rotatable bonds is 10. The number of aromatic nitrogens is 2. The number of halogens is 3. The van der Waals surface area contributed by atoms with Crippen molar-refractivity contribution in [2.24, 2.45) is 0 Å². The molecule has 0 aliphatic rings. The van der Waals surface area contributed by atoms with E-state index < -0.39 is 23.6 Å². The Labute approximate surface area is 204 Å². The van der Waals surface area contributed by atoms with Gasteiger partial charge in [0.15, 0.2) is 5.69 Å². The molecule has 1 amide bonds. The molecule has 0 unspecified atom stereocenters. The second kappa shape index (κ2) is 12.0. The summed E-state index contributed by atoms with van der Waals surface area (Å²) in [6.07, 6.45) is -1.82. The predicted octanol–water partition coefficient (Wildman–Crippen LogP) is 6.09. The molecule has 2 rings (SSSR count). The maximum Gasteiger partial charge on any atom is 0.435 e. The van der Waals surface area contributed by atoms with Gasteiger partial charge in [-0.15, -0.1) is 0 Å². The predicted molar refractivity (Wildman–Crippen MR) is 131 cm³/mol. The third-order valence-electron chi connectivity index (χ3n) is 4.99. The Bertz CT molecular complexity index is 1070. The van der Waals surface area contributed by atoms with Crippen LogP contribution in [0.3, 0.4) is 0 Å². The van der Waals surface area contributed by atoms with Crippen LogP contribution in [0.4, 0.5) is 18.0 Å². The molecule has 0 atom stereocenters. The molecule has 0 saturated carbocycles. The van der Waals surface area contributed by atoms with Gasteiger partial charge < -0.3 is 20.8 Å². The average Bonchev–Trinajstić information content (AvgIpc) is 2.73. The number of allylic oxidation sites excluding steroid dienone is 2. The van der Waals surface area contributed by atoms with Gasteiger partial charge in [-0.3, -0.25) is 0 Å². The fraction of sp³-hybridized carbons (Fsp3) is 0.520. The summed E-state index contributed by atoms with van der Waals surface area (Å²) >= 11 is 0. The maximum atomic E-state index is 13.8. The number of amides is 1. The maximum absolute atomic E-state index is 13.8. The van der Waals surface area contributed by atoms with Crippen LogP contribution in [0.1, 0.15) is 71.7 Å². The first-order valence-corrected chi connectivity index (χ1v) is 11.6. The van der Waals surface area contributed by atoms with Crippen LogP contribution in [0.25, 0.3) is 16.6 Å². The lowest BCUT2D eigenvalue weighted by Crippen LogP contribution is -2.33. The molecule has 0 spiro atoms. The number of fused-ring (bicyclic) bond motifs is 1. The van der Waals surface area contributed by atoms with E-state index in [1.165, 1.54) is 13.0 Å². The molecule has 35 heavy (non-hydrogen) atoms. The number of carbonyl (C=O) groups excluding carboxylic acids is 1. The van der Waals surface area contributed by atoms with Crippen molar-refractivity contribution in [2.45, 2.75) is 72.1 Å².